The van der Waals surface area contributed by atoms with Crippen molar-refractivity contribution >= 4 is 12.6 Å². The van der Waals surface area contributed by atoms with Crippen molar-refractivity contribution in [3.63, 3.8) is 0 Å². The lowest BCUT2D eigenvalue weighted by atomic mass is 10.1. The maximum atomic E-state index is 11.4. The highest BCUT2D eigenvalue weighted by molar-refractivity contribution is 7.80. The van der Waals surface area contributed by atoms with Crippen molar-refractivity contribution < 1.29 is 0 Å². The quantitative estimate of drug-likeness (QED) is 0.543. The zero-order chi connectivity index (χ0) is 12.3. The fraction of sp³-hybridized carbons (Fsp3) is 0.692. The number of nitrogens with zero attached hydrogens (tertiary/aromatic N) is 2. The number of rotatable bonds is 9. The minimum atomic E-state index is 0.00118. The molecule has 0 N–H and O–H groups in total. The standard InChI is InChI=1S/C13H22N2OS/c16-13-9-8-10-14-15(13)11-6-4-2-1-3-5-7-12-17/h8-10,17H,1-7,11-12H2. The molecule has 1 rings (SSSR count). The average Bonchev–Trinajstić information content (AvgIpc) is 2.35. The molecule has 0 aliphatic heterocycles. The van der Waals surface area contributed by atoms with Crippen LogP contribution in [0.15, 0.2) is 23.1 Å². The van der Waals surface area contributed by atoms with Gasteiger partial charge in [-0.25, -0.2) is 4.68 Å². The Hall–Kier alpha value is -0.770. The third-order valence-electron chi connectivity index (χ3n) is 2.81. The molecule has 0 aliphatic carbocycles. The zero-order valence-corrected chi connectivity index (χ0v) is 11.2. The Morgan fingerprint density at radius 1 is 1.06 bits per heavy atom. The van der Waals surface area contributed by atoms with Gasteiger partial charge in [-0.2, -0.15) is 17.7 Å². The fourth-order valence-corrected chi connectivity index (χ4v) is 2.04. The van der Waals surface area contributed by atoms with Gasteiger partial charge in [-0.3, -0.25) is 4.79 Å². The second-order valence-electron chi connectivity index (χ2n) is 4.28. The Morgan fingerprint density at radius 3 is 2.35 bits per heavy atom. The molecule has 1 aromatic heterocycles. The van der Waals surface area contributed by atoms with Crippen LogP contribution in [0.3, 0.4) is 0 Å². The van der Waals surface area contributed by atoms with Crippen molar-refractivity contribution in [3.05, 3.63) is 28.7 Å². The molecule has 0 bridgehead atoms. The van der Waals surface area contributed by atoms with E-state index in [0.717, 1.165) is 18.7 Å². The Morgan fingerprint density at radius 2 is 1.71 bits per heavy atom. The predicted octanol–water partition coefficient (Wildman–Crippen LogP) is 2.90. The summed E-state index contributed by atoms with van der Waals surface area (Å²) in [7, 11) is 0. The molecule has 4 heteroatoms. The van der Waals surface area contributed by atoms with Gasteiger partial charge in [0.2, 0.25) is 0 Å². The molecule has 0 unspecified atom stereocenters. The van der Waals surface area contributed by atoms with Gasteiger partial charge in [-0.15, -0.1) is 0 Å². The van der Waals surface area contributed by atoms with Gasteiger partial charge in [0, 0.05) is 18.8 Å². The van der Waals surface area contributed by atoms with Crippen LogP contribution in [0, 0.1) is 0 Å². The summed E-state index contributed by atoms with van der Waals surface area (Å²) in [5, 5.41) is 4.03. The molecule has 3 nitrogen and oxygen atoms in total. The van der Waals surface area contributed by atoms with Gasteiger partial charge < -0.3 is 0 Å². The summed E-state index contributed by atoms with van der Waals surface area (Å²) in [6, 6.07) is 3.24. The summed E-state index contributed by atoms with van der Waals surface area (Å²) in [4.78, 5) is 11.4. The molecule has 0 atom stereocenters. The molecule has 0 spiro atoms. The van der Waals surface area contributed by atoms with Crippen molar-refractivity contribution in [1.29, 1.82) is 0 Å². The lowest BCUT2D eigenvalue weighted by molar-refractivity contribution is 0.506. The molecular formula is C13H22N2OS. The van der Waals surface area contributed by atoms with Gasteiger partial charge in [0.25, 0.3) is 5.56 Å². The number of unbranched alkanes of at least 4 members (excludes halogenated alkanes) is 6. The van der Waals surface area contributed by atoms with Crippen molar-refractivity contribution in [3.8, 4) is 0 Å². The van der Waals surface area contributed by atoms with E-state index >= 15 is 0 Å². The smallest absolute Gasteiger partial charge is 0.266 e. The third kappa shape index (κ3) is 6.51. The summed E-state index contributed by atoms with van der Waals surface area (Å²) >= 11 is 4.19. The lowest BCUT2D eigenvalue weighted by Gasteiger charge is -2.03. The van der Waals surface area contributed by atoms with E-state index in [9.17, 15) is 4.79 Å². The molecule has 96 valence electrons. The maximum Gasteiger partial charge on any atom is 0.266 e. The van der Waals surface area contributed by atoms with E-state index in [-0.39, 0.29) is 5.56 Å². The number of hydrogen-bond acceptors (Lipinski definition) is 3. The van der Waals surface area contributed by atoms with E-state index in [1.54, 1.807) is 23.0 Å². The van der Waals surface area contributed by atoms with E-state index in [2.05, 4.69) is 17.7 Å². The highest BCUT2D eigenvalue weighted by Gasteiger charge is 1.95. The van der Waals surface area contributed by atoms with Gasteiger partial charge in [0.05, 0.1) is 0 Å². The summed E-state index contributed by atoms with van der Waals surface area (Å²) in [5.74, 6) is 1.00. The van der Waals surface area contributed by atoms with Gasteiger partial charge in [-0.05, 0) is 24.7 Å². The van der Waals surface area contributed by atoms with Gasteiger partial charge in [-0.1, -0.05) is 32.1 Å². The van der Waals surface area contributed by atoms with Crippen LogP contribution >= 0.6 is 12.6 Å². The van der Waals surface area contributed by atoms with Crippen LogP contribution in [0.1, 0.15) is 44.9 Å². The highest BCUT2D eigenvalue weighted by Crippen LogP contribution is 2.07. The molecule has 0 saturated heterocycles. The largest absolute Gasteiger partial charge is 0.268 e. The molecular weight excluding hydrogens is 232 g/mol. The van der Waals surface area contributed by atoms with Gasteiger partial charge in [0.1, 0.15) is 0 Å². The molecule has 0 amide bonds. The minimum absolute atomic E-state index is 0.00118. The van der Waals surface area contributed by atoms with Crippen LogP contribution in [0.5, 0.6) is 0 Å². The molecule has 1 aromatic rings. The van der Waals surface area contributed by atoms with Gasteiger partial charge >= 0.3 is 0 Å². The monoisotopic (exact) mass is 254 g/mol. The summed E-state index contributed by atoms with van der Waals surface area (Å²) in [6.07, 6.45) is 10.3. The Balaban J connectivity index is 2.01. The molecule has 17 heavy (non-hydrogen) atoms. The van der Waals surface area contributed by atoms with Crippen molar-refractivity contribution in [2.75, 3.05) is 5.75 Å². The van der Waals surface area contributed by atoms with E-state index in [1.807, 2.05) is 0 Å². The topological polar surface area (TPSA) is 34.9 Å². The highest BCUT2D eigenvalue weighted by atomic mass is 32.1. The normalized spacial score (nSPS) is 10.6. The summed E-state index contributed by atoms with van der Waals surface area (Å²) in [5.41, 5.74) is 0.00118. The minimum Gasteiger partial charge on any atom is -0.268 e. The SMILES string of the molecule is O=c1cccnn1CCCCCCCCCS. The molecule has 0 fully saturated rings. The van der Waals surface area contributed by atoms with E-state index in [4.69, 9.17) is 0 Å². The number of thiol groups is 1. The van der Waals surface area contributed by atoms with Crippen LogP contribution in [-0.4, -0.2) is 15.5 Å². The van der Waals surface area contributed by atoms with Crippen molar-refractivity contribution in [1.82, 2.24) is 9.78 Å². The number of aromatic nitrogens is 2. The lowest BCUT2D eigenvalue weighted by Crippen LogP contribution is -2.21. The first-order valence-corrected chi connectivity index (χ1v) is 7.11. The molecule has 1 heterocycles. The average molecular weight is 254 g/mol. The first-order chi connectivity index (χ1) is 8.34. The second-order valence-corrected chi connectivity index (χ2v) is 4.73. The van der Waals surface area contributed by atoms with Crippen molar-refractivity contribution in [2.45, 2.75) is 51.5 Å². The van der Waals surface area contributed by atoms with Crippen molar-refractivity contribution in [2.24, 2.45) is 0 Å². The Labute approximate surface area is 109 Å². The van der Waals surface area contributed by atoms with Crippen LogP contribution in [0.4, 0.5) is 0 Å². The number of hydrogen-bond donors (Lipinski definition) is 1. The maximum absolute atomic E-state index is 11.4. The van der Waals surface area contributed by atoms with E-state index in [1.165, 1.54) is 38.5 Å². The van der Waals surface area contributed by atoms with Crippen LogP contribution in [0.25, 0.3) is 0 Å². The molecule has 0 saturated carbocycles. The zero-order valence-electron chi connectivity index (χ0n) is 10.3. The second kappa shape index (κ2) is 9.28. The first kappa shape index (κ1) is 14.3. The van der Waals surface area contributed by atoms with Crippen LogP contribution in [-0.2, 0) is 6.54 Å². The summed E-state index contributed by atoms with van der Waals surface area (Å²) < 4.78 is 1.54. The van der Waals surface area contributed by atoms with Crippen LogP contribution in [0.2, 0.25) is 0 Å². The molecule has 0 aliphatic rings. The number of aryl methyl sites for hydroxylation is 1. The van der Waals surface area contributed by atoms with E-state index in [0.29, 0.717) is 0 Å². The van der Waals surface area contributed by atoms with Gasteiger partial charge in [0.15, 0.2) is 0 Å². The fourth-order valence-electron chi connectivity index (χ4n) is 1.81. The summed E-state index contributed by atoms with van der Waals surface area (Å²) in [6.45, 7) is 0.746. The predicted molar refractivity (Wildman–Crippen MR) is 74.7 cm³/mol. The third-order valence-corrected chi connectivity index (χ3v) is 3.13. The Kier molecular flexibility index (Phi) is 7.80. The Bertz CT molecular complexity index is 351. The van der Waals surface area contributed by atoms with Crippen LogP contribution < -0.4 is 5.56 Å². The molecule has 0 aromatic carbocycles. The van der Waals surface area contributed by atoms with E-state index < -0.39 is 0 Å². The first-order valence-electron chi connectivity index (χ1n) is 6.47. The molecule has 0 radical (unpaired) electrons.